The van der Waals surface area contributed by atoms with E-state index in [1.54, 1.807) is 12.5 Å². The fraction of sp³-hybridized carbons (Fsp3) is 0.250. The van der Waals surface area contributed by atoms with Gasteiger partial charge in [0.1, 0.15) is 0 Å². The summed E-state index contributed by atoms with van der Waals surface area (Å²) in [4.78, 5) is 16.1. The highest BCUT2D eigenvalue weighted by atomic mass is 16.1. The SMILES string of the molecule is O=C(Nc1ccc(-n2ccnc2)cc1)C1CC=CCC1. The van der Waals surface area contributed by atoms with Crippen molar-refractivity contribution in [3.05, 3.63) is 55.1 Å². The average molecular weight is 267 g/mol. The largest absolute Gasteiger partial charge is 0.326 e. The van der Waals surface area contributed by atoms with Gasteiger partial charge < -0.3 is 9.88 Å². The van der Waals surface area contributed by atoms with Crippen LogP contribution in [-0.2, 0) is 4.79 Å². The first kappa shape index (κ1) is 12.7. The number of carbonyl (C=O) groups is 1. The predicted octanol–water partition coefficient (Wildman–Crippen LogP) is 3.17. The number of nitrogens with zero attached hydrogens (tertiary/aromatic N) is 2. The lowest BCUT2D eigenvalue weighted by molar-refractivity contribution is -0.120. The van der Waals surface area contributed by atoms with Crippen molar-refractivity contribution in [2.24, 2.45) is 5.92 Å². The molecule has 1 aromatic carbocycles. The molecule has 4 nitrogen and oxygen atoms in total. The third kappa shape index (κ3) is 2.79. The summed E-state index contributed by atoms with van der Waals surface area (Å²) < 4.78 is 1.93. The monoisotopic (exact) mass is 267 g/mol. The molecule has 1 atom stereocenters. The van der Waals surface area contributed by atoms with Gasteiger partial charge >= 0.3 is 0 Å². The minimum Gasteiger partial charge on any atom is -0.326 e. The zero-order valence-corrected chi connectivity index (χ0v) is 11.2. The molecule has 102 valence electrons. The van der Waals surface area contributed by atoms with Gasteiger partial charge in [0.25, 0.3) is 0 Å². The molecule has 0 aliphatic heterocycles. The highest BCUT2D eigenvalue weighted by Crippen LogP contribution is 2.20. The molecule has 2 aromatic rings. The Labute approximate surface area is 118 Å². The second kappa shape index (κ2) is 5.74. The Hall–Kier alpha value is -2.36. The van der Waals surface area contributed by atoms with Crippen LogP contribution in [-0.4, -0.2) is 15.5 Å². The van der Waals surface area contributed by atoms with Gasteiger partial charge in [0, 0.05) is 29.7 Å². The molecule has 0 radical (unpaired) electrons. The second-order valence-corrected chi connectivity index (χ2v) is 4.99. The van der Waals surface area contributed by atoms with Crippen molar-refractivity contribution in [1.29, 1.82) is 0 Å². The highest BCUT2D eigenvalue weighted by Gasteiger charge is 2.18. The van der Waals surface area contributed by atoms with Crippen molar-refractivity contribution < 1.29 is 4.79 Å². The molecule has 1 aliphatic rings. The lowest BCUT2D eigenvalue weighted by Gasteiger charge is -2.17. The van der Waals surface area contributed by atoms with Gasteiger partial charge in [-0.05, 0) is 43.5 Å². The molecule has 0 saturated carbocycles. The van der Waals surface area contributed by atoms with Crippen LogP contribution >= 0.6 is 0 Å². The molecule has 1 aromatic heterocycles. The number of hydrogen-bond donors (Lipinski definition) is 1. The van der Waals surface area contributed by atoms with E-state index in [0.29, 0.717) is 0 Å². The number of anilines is 1. The highest BCUT2D eigenvalue weighted by molar-refractivity contribution is 5.92. The fourth-order valence-corrected chi connectivity index (χ4v) is 2.40. The number of imidazole rings is 1. The van der Waals surface area contributed by atoms with Crippen molar-refractivity contribution in [3.8, 4) is 5.69 Å². The summed E-state index contributed by atoms with van der Waals surface area (Å²) >= 11 is 0. The van der Waals surface area contributed by atoms with Crippen LogP contribution in [0.15, 0.2) is 55.1 Å². The molecular formula is C16H17N3O. The van der Waals surface area contributed by atoms with E-state index in [1.807, 2.05) is 35.0 Å². The summed E-state index contributed by atoms with van der Waals surface area (Å²) in [6.45, 7) is 0. The Morgan fingerprint density at radius 1 is 1.25 bits per heavy atom. The molecule has 1 amide bonds. The van der Waals surface area contributed by atoms with Crippen molar-refractivity contribution >= 4 is 11.6 Å². The number of benzene rings is 1. The Bertz CT molecular complexity index is 599. The smallest absolute Gasteiger partial charge is 0.227 e. The summed E-state index contributed by atoms with van der Waals surface area (Å²) in [6.07, 6.45) is 12.4. The van der Waals surface area contributed by atoms with Gasteiger partial charge in [0.2, 0.25) is 5.91 Å². The van der Waals surface area contributed by atoms with E-state index in [1.165, 1.54) is 0 Å². The number of hydrogen-bond acceptors (Lipinski definition) is 2. The van der Waals surface area contributed by atoms with Crippen LogP contribution in [0.25, 0.3) is 5.69 Å². The van der Waals surface area contributed by atoms with E-state index < -0.39 is 0 Å². The molecule has 0 fully saturated rings. The van der Waals surface area contributed by atoms with Gasteiger partial charge in [-0.3, -0.25) is 4.79 Å². The maximum absolute atomic E-state index is 12.1. The number of allylic oxidation sites excluding steroid dienone is 2. The summed E-state index contributed by atoms with van der Waals surface area (Å²) in [5.74, 6) is 0.220. The van der Waals surface area contributed by atoms with Crippen molar-refractivity contribution in [3.63, 3.8) is 0 Å². The Balaban J connectivity index is 1.66. The second-order valence-electron chi connectivity index (χ2n) is 4.99. The zero-order chi connectivity index (χ0) is 13.8. The van der Waals surface area contributed by atoms with E-state index >= 15 is 0 Å². The van der Waals surface area contributed by atoms with Crippen LogP contribution in [0.2, 0.25) is 0 Å². The normalized spacial score (nSPS) is 17.9. The van der Waals surface area contributed by atoms with Crippen molar-refractivity contribution in [2.45, 2.75) is 19.3 Å². The number of carbonyl (C=O) groups excluding carboxylic acids is 1. The summed E-state index contributed by atoms with van der Waals surface area (Å²) in [7, 11) is 0. The van der Waals surface area contributed by atoms with Gasteiger partial charge in [-0.2, -0.15) is 0 Å². The van der Waals surface area contributed by atoms with Crippen LogP contribution in [0.1, 0.15) is 19.3 Å². The molecule has 0 saturated heterocycles. The minimum absolute atomic E-state index is 0.105. The van der Waals surface area contributed by atoms with Crippen LogP contribution in [0.4, 0.5) is 5.69 Å². The van der Waals surface area contributed by atoms with E-state index in [9.17, 15) is 4.79 Å². The third-order valence-corrected chi connectivity index (χ3v) is 3.58. The first-order valence-corrected chi connectivity index (χ1v) is 6.87. The van der Waals surface area contributed by atoms with Crippen LogP contribution in [0.5, 0.6) is 0 Å². The molecule has 4 heteroatoms. The Morgan fingerprint density at radius 2 is 2.10 bits per heavy atom. The van der Waals surface area contributed by atoms with Gasteiger partial charge in [-0.25, -0.2) is 4.98 Å². The van der Waals surface area contributed by atoms with Gasteiger partial charge in [0.05, 0.1) is 6.33 Å². The molecule has 20 heavy (non-hydrogen) atoms. The maximum atomic E-state index is 12.1. The topological polar surface area (TPSA) is 46.9 Å². The minimum atomic E-state index is 0.105. The van der Waals surface area contributed by atoms with Crippen LogP contribution in [0, 0.1) is 5.92 Å². The number of amides is 1. The summed E-state index contributed by atoms with van der Waals surface area (Å²) in [6, 6.07) is 7.79. The Morgan fingerprint density at radius 3 is 2.75 bits per heavy atom. The lowest BCUT2D eigenvalue weighted by atomic mass is 9.93. The lowest BCUT2D eigenvalue weighted by Crippen LogP contribution is -2.23. The third-order valence-electron chi connectivity index (χ3n) is 3.58. The Kier molecular flexibility index (Phi) is 3.63. The van der Waals surface area contributed by atoms with Gasteiger partial charge in [-0.1, -0.05) is 12.2 Å². The number of nitrogens with one attached hydrogen (secondary N) is 1. The molecular weight excluding hydrogens is 250 g/mol. The molecule has 1 aliphatic carbocycles. The average Bonchev–Trinajstić information content (AvgIpc) is 3.03. The van der Waals surface area contributed by atoms with Gasteiger partial charge in [0.15, 0.2) is 0 Å². The van der Waals surface area contributed by atoms with E-state index in [2.05, 4.69) is 22.5 Å². The first-order valence-electron chi connectivity index (χ1n) is 6.87. The molecule has 0 bridgehead atoms. The zero-order valence-electron chi connectivity index (χ0n) is 11.2. The standard InChI is InChI=1S/C16H17N3O/c20-16(13-4-2-1-3-5-13)18-14-6-8-15(9-7-14)19-11-10-17-12-19/h1-2,6-13H,3-5H2,(H,18,20). The molecule has 1 heterocycles. The van der Waals surface area contributed by atoms with E-state index in [4.69, 9.17) is 0 Å². The van der Waals surface area contributed by atoms with Crippen molar-refractivity contribution in [1.82, 2.24) is 9.55 Å². The van der Waals surface area contributed by atoms with Crippen LogP contribution < -0.4 is 5.32 Å². The fourth-order valence-electron chi connectivity index (χ4n) is 2.40. The molecule has 1 N–H and O–H groups in total. The summed E-state index contributed by atoms with van der Waals surface area (Å²) in [5.41, 5.74) is 1.87. The van der Waals surface area contributed by atoms with Crippen LogP contribution in [0.3, 0.4) is 0 Å². The van der Waals surface area contributed by atoms with E-state index in [0.717, 1.165) is 30.6 Å². The quantitative estimate of drug-likeness (QED) is 0.868. The molecule has 0 spiro atoms. The molecule has 1 unspecified atom stereocenters. The summed E-state index contributed by atoms with van der Waals surface area (Å²) in [5, 5.41) is 2.99. The predicted molar refractivity (Wildman–Crippen MR) is 78.7 cm³/mol. The molecule has 3 rings (SSSR count). The number of aromatic nitrogens is 2. The first-order chi connectivity index (χ1) is 9.83. The van der Waals surface area contributed by atoms with Gasteiger partial charge in [-0.15, -0.1) is 0 Å². The van der Waals surface area contributed by atoms with E-state index in [-0.39, 0.29) is 11.8 Å². The van der Waals surface area contributed by atoms with Crippen molar-refractivity contribution in [2.75, 3.05) is 5.32 Å². The number of rotatable bonds is 3. The maximum Gasteiger partial charge on any atom is 0.227 e.